The van der Waals surface area contributed by atoms with Crippen LogP contribution in [-0.2, 0) is 0 Å². The van der Waals surface area contributed by atoms with Crippen LogP contribution in [0, 0.1) is 5.82 Å². The molecule has 0 aromatic heterocycles. The van der Waals surface area contributed by atoms with Gasteiger partial charge in [0.1, 0.15) is 5.82 Å². The summed E-state index contributed by atoms with van der Waals surface area (Å²) in [5.41, 5.74) is 7.27. The second kappa shape index (κ2) is 4.53. The maximum absolute atomic E-state index is 13.0. The SMILES string of the molecule is C/C(=C/c1cccc(F)c1Br)CN. The molecule has 2 N–H and O–H groups in total. The molecule has 0 aliphatic rings. The fourth-order valence-electron chi connectivity index (χ4n) is 0.956. The molecule has 0 radical (unpaired) electrons. The Morgan fingerprint density at radius 3 is 2.92 bits per heavy atom. The highest BCUT2D eigenvalue weighted by atomic mass is 79.9. The summed E-state index contributed by atoms with van der Waals surface area (Å²) in [5.74, 6) is -0.251. The topological polar surface area (TPSA) is 26.0 Å². The third kappa shape index (κ3) is 2.64. The van der Waals surface area contributed by atoms with E-state index in [0.717, 1.165) is 11.1 Å². The molecule has 0 saturated carbocycles. The Hall–Kier alpha value is -0.670. The average molecular weight is 244 g/mol. The normalized spacial score (nSPS) is 11.8. The van der Waals surface area contributed by atoms with Crippen LogP contribution in [0.15, 0.2) is 28.2 Å². The van der Waals surface area contributed by atoms with Crippen LogP contribution >= 0.6 is 15.9 Å². The molecule has 1 nitrogen and oxygen atoms in total. The lowest BCUT2D eigenvalue weighted by molar-refractivity contribution is 0.620. The molecule has 0 aliphatic heterocycles. The van der Waals surface area contributed by atoms with Crippen LogP contribution in [-0.4, -0.2) is 6.54 Å². The van der Waals surface area contributed by atoms with E-state index in [4.69, 9.17) is 5.73 Å². The minimum atomic E-state index is -0.251. The molecule has 0 bridgehead atoms. The predicted molar refractivity (Wildman–Crippen MR) is 56.8 cm³/mol. The number of benzene rings is 1. The van der Waals surface area contributed by atoms with Crippen molar-refractivity contribution in [1.29, 1.82) is 0 Å². The van der Waals surface area contributed by atoms with Crippen LogP contribution < -0.4 is 5.73 Å². The molecule has 0 aliphatic carbocycles. The van der Waals surface area contributed by atoms with Crippen molar-refractivity contribution >= 4 is 22.0 Å². The van der Waals surface area contributed by atoms with Gasteiger partial charge >= 0.3 is 0 Å². The summed E-state index contributed by atoms with van der Waals surface area (Å²) in [6.45, 7) is 2.40. The van der Waals surface area contributed by atoms with Crippen molar-refractivity contribution in [2.75, 3.05) is 6.54 Å². The third-order valence-electron chi connectivity index (χ3n) is 1.71. The van der Waals surface area contributed by atoms with Gasteiger partial charge < -0.3 is 5.73 Å². The van der Waals surface area contributed by atoms with E-state index in [-0.39, 0.29) is 5.82 Å². The molecule has 0 amide bonds. The molecule has 0 unspecified atom stereocenters. The van der Waals surface area contributed by atoms with Gasteiger partial charge in [-0.2, -0.15) is 0 Å². The van der Waals surface area contributed by atoms with Gasteiger partial charge in [0, 0.05) is 6.54 Å². The lowest BCUT2D eigenvalue weighted by Gasteiger charge is -2.01. The van der Waals surface area contributed by atoms with E-state index in [1.54, 1.807) is 6.07 Å². The van der Waals surface area contributed by atoms with Crippen LogP contribution in [0.2, 0.25) is 0 Å². The maximum Gasteiger partial charge on any atom is 0.137 e. The van der Waals surface area contributed by atoms with Crippen LogP contribution in [0.3, 0.4) is 0 Å². The number of hydrogen-bond acceptors (Lipinski definition) is 1. The smallest absolute Gasteiger partial charge is 0.137 e. The fraction of sp³-hybridized carbons (Fsp3) is 0.200. The molecule has 0 saturated heterocycles. The van der Waals surface area contributed by atoms with Gasteiger partial charge in [-0.25, -0.2) is 4.39 Å². The van der Waals surface area contributed by atoms with Crippen molar-refractivity contribution in [3.8, 4) is 0 Å². The second-order valence-electron chi connectivity index (χ2n) is 2.84. The van der Waals surface area contributed by atoms with Crippen LogP contribution in [0.25, 0.3) is 6.08 Å². The molecule has 1 rings (SSSR count). The Balaban J connectivity index is 3.09. The van der Waals surface area contributed by atoms with Gasteiger partial charge in [0.2, 0.25) is 0 Å². The molecule has 0 atom stereocenters. The van der Waals surface area contributed by atoms with E-state index < -0.39 is 0 Å². The number of nitrogens with two attached hydrogens (primary N) is 1. The Labute approximate surface area is 85.6 Å². The van der Waals surface area contributed by atoms with Gasteiger partial charge in [-0.3, -0.25) is 0 Å². The van der Waals surface area contributed by atoms with E-state index in [2.05, 4.69) is 15.9 Å². The predicted octanol–water partition coefficient (Wildman–Crippen LogP) is 2.95. The van der Waals surface area contributed by atoms with Crippen molar-refractivity contribution in [3.63, 3.8) is 0 Å². The van der Waals surface area contributed by atoms with Crippen molar-refractivity contribution in [2.45, 2.75) is 6.92 Å². The first-order valence-corrected chi connectivity index (χ1v) is 4.75. The summed E-state index contributed by atoms with van der Waals surface area (Å²) in [6, 6.07) is 4.93. The number of rotatable bonds is 2. The Bertz CT molecular complexity index is 334. The van der Waals surface area contributed by atoms with Crippen molar-refractivity contribution in [2.24, 2.45) is 5.73 Å². The van der Waals surface area contributed by atoms with Gasteiger partial charge in [0.25, 0.3) is 0 Å². The highest BCUT2D eigenvalue weighted by Gasteiger charge is 2.01. The fourth-order valence-corrected chi connectivity index (χ4v) is 1.34. The summed E-state index contributed by atoms with van der Waals surface area (Å²) in [6.07, 6.45) is 1.87. The molecule has 13 heavy (non-hydrogen) atoms. The molecule has 3 heteroatoms. The molecule has 0 fully saturated rings. The Morgan fingerprint density at radius 1 is 1.62 bits per heavy atom. The van der Waals surface area contributed by atoms with Crippen molar-refractivity contribution < 1.29 is 4.39 Å². The molecular weight excluding hydrogens is 233 g/mol. The number of hydrogen-bond donors (Lipinski definition) is 1. The summed E-state index contributed by atoms with van der Waals surface area (Å²) in [5, 5.41) is 0. The first-order chi connectivity index (χ1) is 6.15. The quantitative estimate of drug-likeness (QED) is 0.850. The average Bonchev–Trinajstić information content (AvgIpc) is 2.13. The van der Waals surface area contributed by atoms with Crippen LogP contribution in [0.5, 0.6) is 0 Å². The summed E-state index contributed by atoms with van der Waals surface area (Å²) >= 11 is 3.18. The summed E-state index contributed by atoms with van der Waals surface area (Å²) in [4.78, 5) is 0. The molecule has 1 aromatic carbocycles. The van der Waals surface area contributed by atoms with Gasteiger partial charge in [-0.1, -0.05) is 23.8 Å². The lowest BCUT2D eigenvalue weighted by atomic mass is 10.1. The Morgan fingerprint density at radius 2 is 2.31 bits per heavy atom. The van der Waals surface area contributed by atoms with Gasteiger partial charge in [0.05, 0.1) is 4.47 Å². The van der Waals surface area contributed by atoms with Crippen molar-refractivity contribution in [3.05, 3.63) is 39.6 Å². The second-order valence-corrected chi connectivity index (χ2v) is 3.63. The zero-order chi connectivity index (χ0) is 9.84. The Kier molecular flexibility index (Phi) is 3.63. The monoisotopic (exact) mass is 243 g/mol. The third-order valence-corrected chi connectivity index (χ3v) is 2.54. The minimum absolute atomic E-state index is 0.251. The van der Waals surface area contributed by atoms with E-state index in [0.29, 0.717) is 11.0 Å². The standard InChI is InChI=1S/C10H11BrFN/c1-7(6-13)5-8-3-2-4-9(12)10(8)11/h2-5H,6,13H2,1H3/b7-5-. The largest absolute Gasteiger partial charge is 0.327 e. The highest BCUT2D eigenvalue weighted by Crippen LogP contribution is 2.22. The van der Waals surface area contributed by atoms with Crippen LogP contribution in [0.4, 0.5) is 4.39 Å². The first kappa shape index (κ1) is 10.4. The molecule has 70 valence electrons. The van der Waals surface area contributed by atoms with Crippen LogP contribution in [0.1, 0.15) is 12.5 Å². The summed E-state index contributed by atoms with van der Waals surface area (Å²) in [7, 11) is 0. The van der Waals surface area contributed by atoms with Gasteiger partial charge in [-0.05, 0) is 34.5 Å². The van der Waals surface area contributed by atoms with E-state index >= 15 is 0 Å². The molecular formula is C10H11BrFN. The van der Waals surface area contributed by atoms with Crippen molar-refractivity contribution in [1.82, 2.24) is 0 Å². The summed E-state index contributed by atoms with van der Waals surface area (Å²) < 4.78 is 13.5. The van der Waals surface area contributed by atoms with E-state index in [9.17, 15) is 4.39 Å². The maximum atomic E-state index is 13.0. The molecule has 1 aromatic rings. The lowest BCUT2D eigenvalue weighted by Crippen LogP contribution is -1.99. The van der Waals surface area contributed by atoms with Gasteiger partial charge in [-0.15, -0.1) is 0 Å². The first-order valence-electron chi connectivity index (χ1n) is 3.96. The zero-order valence-corrected chi connectivity index (χ0v) is 8.94. The van der Waals surface area contributed by atoms with E-state index in [1.807, 2.05) is 19.1 Å². The van der Waals surface area contributed by atoms with E-state index in [1.165, 1.54) is 6.07 Å². The zero-order valence-electron chi connectivity index (χ0n) is 7.35. The minimum Gasteiger partial charge on any atom is -0.327 e. The molecule has 0 heterocycles. The highest BCUT2D eigenvalue weighted by molar-refractivity contribution is 9.10. The number of halogens is 2. The van der Waals surface area contributed by atoms with Gasteiger partial charge in [0.15, 0.2) is 0 Å². The molecule has 0 spiro atoms.